The zero-order valence-corrected chi connectivity index (χ0v) is 16.4. The van der Waals surface area contributed by atoms with Crippen molar-refractivity contribution in [2.45, 2.75) is 6.10 Å². The number of anilines is 1. The number of para-hydroxylation sites is 1. The molecule has 0 spiro atoms. The first-order valence-electron chi connectivity index (χ1n) is 9.46. The molecular formula is C21H25FN4O4. The highest BCUT2D eigenvalue weighted by molar-refractivity contribution is 5.89. The van der Waals surface area contributed by atoms with Crippen LogP contribution in [-0.2, 0) is 0 Å². The number of amides is 2. The topological polar surface area (TPSA) is 116 Å². The molecule has 0 fully saturated rings. The maximum absolute atomic E-state index is 12.1. The minimum absolute atomic E-state index is 0.0386. The Balaban J connectivity index is 1.59. The summed E-state index contributed by atoms with van der Waals surface area (Å²) in [6, 6.07) is 15.1. The van der Waals surface area contributed by atoms with Gasteiger partial charge in [0, 0.05) is 31.4 Å². The van der Waals surface area contributed by atoms with Crippen molar-refractivity contribution in [3.8, 4) is 17.6 Å². The van der Waals surface area contributed by atoms with Crippen molar-refractivity contribution < 1.29 is 23.8 Å². The lowest BCUT2D eigenvalue weighted by Gasteiger charge is -2.14. The molecule has 0 aliphatic heterocycles. The molecule has 2 amide bonds. The van der Waals surface area contributed by atoms with Crippen LogP contribution in [0.15, 0.2) is 48.5 Å². The van der Waals surface area contributed by atoms with Crippen LogP contribution in [0.4, 0.5) is 14.9 Å². The normalized spacial score (nSPS) is 11.2. The van der Waals surface area contributed by atoms with E-state index in [2.05, 4.69) is 16.0 Å². The van der Waals surface area contributed by atoms with Gasteiger partial charge in [0.1, 0.15) is 43.6 Å². The lowest BCUT2D eigenvalue weighted by atomic mass is 10.2. The van der Waals surface area contributed by atoms with Crippen LogP contribution in [0.1, 0.15) is 5.56 Å². The van der Waals surface area contributed by atoms with Crippen LogP contribution in [0.5, 0.6) is 11.5 Å². The van der Waals surface area contributed by atoms with Gasteiger partial charge in [0.2, 0.25) is 0 Å². The van der Waals surface area contributed by atoms with E-state index >= 15 is 0 Å². The summed E-state index contributed by atoms with van der Waals surface area (Å²) >= 11 is 0. The number of urea groups is 1. The second kappa shape index (κ2) is 13.0. The van der Waals surface area contributed by atoms with Crippen LogP contribution in [0.2, 0.25) is 0 Å². The standard InChI is InChI=1S/C21H25FN4O4/c22-8-11-29-19-6-3-5-17(12-19)26-21(28)25-10-9-24-14-18(27)15-30-20-7-2-1-4-16(20)13-23/h1-7,12,18,24,27H,8-11,14-15H2,(H2,25,26,28)/t18-/m0/s1. The molecule has 0 saturated heterocycles. The number of benzene rings is 2. The molecule has 0 radical (unpaired) electrons. The van der Waals surface area contributed by atoms with Crippen molar-refractivity contribution >= 4 is 11.7 Å². The Morgan fingerprint density at radius 1 is 1.17 bits per heavy atom. The molecule has 2 aromatic carbocycles. The van der Waals surface area contributed by atoms with Crippen molar-refractivity contribution in [2.75, 3.05) is 44.8 Å². The average molecular weight is 416 g/mol. The molecule has 0 aliphatic rings. The third-order valence-electron chi connectivity index (χ3n) is 3.84. The molecule has 8 nitrogen and oxygen atoms in total. The molecule has 9 heteroatoms. The van der Waals surface area contributed by atoms with E-state index in [0.717, 1.165) is 0 Å². The number of alkyl halides is 1. The molecule has 0 bridgehead atoms. The summed E-state index contributed by atoms with van der Waals surface area (Å²) in [7, 11) is 0. The summed E-state index contributed by atoms with van der Waals surface area (Å²) in [5.41, 5.74) is 0.939. The minimum atomic E-state index is -0.766. The number of nitrogens with one attached hydrogen (secondary N) is 3. The Kier molecular flexibility index (Phi) is 9.92. The second-order valence-corrected chi connectivity index (χ2v) is 6.22. The van der Waals surface area contributed by atoms with Gasteiger partial charge >= 0.3 is 6.03 Å². The van der Waals surface area contributed by atoms with Gasteiger partial charge in [-0.15, -0.1) is 0 Å². The fraction of sp³-hybridized carbons (Fsp3) is 0.333. The van der Waals surface area contributed by atoms with Crippen molar-refractivity contribution in [2.24, 2.45) is 0 Å². The molecule has 0 aromatic heterocycles. The van der Waals surface area contributed by atoms with Crippen molar-refractivity contribution in [1.82, 2.24) is 10.6 Å². The number of ether oxygens (including phenoxy) is 2. The molecule has 4 N–H and O–H groups in total. The number of halogens is 1. The number of nitrogens with zero attached hydrogens (tertiary/aromatic N) is 1. The Morgan fingerprint density at radius 3 is 2.80 bits per heavy atom. The van der Waals surface area contributed by atoms with Gasteiger partial charge in [-0.1, -0.05) is 18.2 Å². The summed E-state index contributed by atoms with van der Waals surface area (Å²) in [6.07, 6.45) is -0.766. The van der Waals surface area contributed by atoms with E-state index in [-0.39, 0.29) is 19.8 Å². The minimum Gasteiger partial charge on any atom is -0.491 e. The first-order chi connectivity index (χ1) is 14.6. The van der Waals surface area contributed by atoms with E-state index in [1.54, 1.807) is 48.5 Å². The van der Waals surface area contributed by atoms with E-state index in [9.17, 15) is 14.3 Å². The smallest absolute Gasteiger partial charge is 0.319 e. The molecule has 160 valence electrons. The Hall–Kier alpha value is -3.35. The van der Waals surface area contributed by atoms with Crippen LogP contribution >= 0.6 is 0 Å². The number of aliphatic hydroxyl groups excluding tert-OH is 1. The van der Waals surface area contributed by atoms with Gasteiger partial charge in [-0.25, -0.2) is 9.18 Å². The molecule has 30 heavy (non-hydrogen) atoms. The third kappa shape index (κ3) is 8.34. The van der Waals surface area contributed by atoms with E-state index in [0.29, 0.717) is 35.8 Å². The number of carbonyl (C=O) groups excluding carboxylic acids is 1. The second-order valence-electron chi connectivity index (χ2n) is 6.22. The molecule has 0 heterocycles. The fourth-order valence-electron chi connectivity index (χ4n) is 2.46. The first kappa shape index (κ1) is 22.9. The third-order valence-corrected chi connectivity index (χ3v) is 3.84. The predicted octanol–water partition coefficient (Wildman–Crippen LogP) is 2.06. The van der Waals surface area contributed by atoms with Crippen LogP contribution < -0.4 is 25.4 Å². The van der Waals surface area contributed by atoms with Gasteiger partial charge in [-0.3, -0.25) is 0 Å². The van der Waals surface area contributed by atoms with E-state index in [1.807, 2.05) is 6.07 Å². The lowest BCUT2D eigenvalue weighted by molar-refractivity contribution is 0.106. The van der Waals surface area contributed by atoms with Gasteiger partial charge in [0.25, 0.3) is 0 Å². The lowest BCUT2D eigenvalue weighted by Crippen LogP contribution is -2.38. The van der Waals surface area contributed by atoms with Gasteiger partial charge in [0.05, 0.1) is 5.56 Å². The molecule has 2 rings (SSSR count). The quantitative estimate of drug-likeness (QED) is 0.394. The Morgan fingerprint density at radius 2 is 2.00 bits per heavy atom. The largest absolute Gasteiger partial charge is 0.491 e. The van der Waals surface area contributed by atoms with Crippen molar-refractivity contribution in [3.63, 3.8) is 0 Å². The van der Waals surface area contributed by atoms with Gasteiger partial charge in [0.15, 0.2) is 0 Å². The summed E-state index contributed by atoms with van der Waals surface area (Å²) in [5, 5.41) is 27.3. The van der Waals surface area contributed by atoms with Gasteiger partial charge < -0.3 is 30.5 Å². The number of nitriles is 1. The maximum Gasteiger partial charge on any atom is 0.319 e. The molecule has 1 atom stereocenters. The fourth-order valence-corrected chi connectivity index (χ4v) is 2.46. The van der Waals surface area contributed by atoms with Crippen molar-refractivity contribution in [3.05, 3.63) is 54.1 Å². The summed E-state index contributed by atoms with van der Waals surface area (Å²) < 4.78 is 22.8. The summed E-state index contributed by atoms with van der Waals surface area (Å²) in [5.74, 6) is 0.900. The highest BCUT2D eigenvalue weighted by Gasteiger charge is 2.08. The Labute approximate surface area is 174 Å². The van der Waals surface area contributed by atoms with E-state index in [4.69, 9.17) is 14.7 Å². The van der Waals surface area contributed by atoms with Crippen LogP contribution in [0.25, 0.3) is 0 Å². The van der Waals surface area contributed by atoms with Crippen LogP contribution in [0, 0.1) is 11.3 Å². The zero-order chi connectivity index (χ0) is 21.6. The average Bonchev–Trinajstić information content (AvgIpc) is 2.76. The molecule has 0 aliphatic carbocycles. The molecule has 2 aromatic rings. The highest BCUT2D eigenvalue weighted by Crippen LogP contribution is 2.17. The predicted molar refractivity (Wildman–Crippen MR) is 110 cm³/mol. The summed E-state index contributed by atoms with van der Waals surface area (Å²) in [6.45, 7) is 0.474. The first-order valence-corrected chi connectivity index (χ1v) is 9.46. The van der Waals surface area contributed by atoms with Crippen molar-refractivity contribution in [1.29, 1.82) is 5.26 Å². The van der Waals surface area contributed by atoms with Gasteiger partial charge in [-0.05, 0) is 24.3 Å². The number of rotatable bonds is 12. The van der Waals surface area contributed by atoms with E-state index in [1.165, 1.54) is 0 Å². The summed E-state index contributed by atoms with van der Waals surface area (Å²) in [4.78, 5) is 11.9. The van der Waals surface area contributed by atoms with Crippen LogP contribution in [0.3, 0.4) is 0 Å². The molecule has 0 unspecified atom stereocenters. The number of hydrogen-bond donors (Lipinski definition) is 4. The van der Waals surface area contributed by atoms with E-state index < -0.39 is 18.8 Å². The highest BCUT2D eigenvalue weighted by atomic mass is 19.1. The molecule has 0 saturated carbocycles. The Bertz CT molecular complexity index is 844. The number of carbonyl (C=O) groups is 1. The van der Waals surface area contributed by atoms with Gasteiger partial charge in [-0.2, -0.15) is 5.26 Å². The van der Waals surface area contributed by atoms with Crippen LogP contribution in [-0.4, -0.2) is 56.8 Å². The number of aliphatic hydroxyl groups is 1. The SMILES string of the molecule is N#Cc1ccccc1OC[C@@H](O)CNCCNC(=O)Nc1cccc(OCCF)c1. The maximum atomic E-state index is 12.1. The number of hydrogen-bond acceptors (Lipinski definition) is 6. The monoisotopic (exact) mass is 416 g/mol. The molecular weight excluding hydrogens is 391 g/mol. The zero-order valence-electron chi connectivity index (χ0n) is 16.4.